The normalized spacial score (nSPS) is 11.6. The van der Waals surface area contributed by atoms with Crippen LogP contribution in [0, 0.1) is 11.8 Å². The number of halogens is 2. The number of alkyl halides is 1. The van der Waals surface area contributed by atoms with Crippen molar-refractivity contribution in [2.45, 2.75) is 46.4 Å². The van der Waals surface area contributed by atoms with Crippen LogP contribution in [0.25, 0.3) is 0 Å². The van der Waals surface area contributed by atoms with Crippen molar-refractivity contribution in [1.29, 1.82) is 0 Å². The molecule has 1 aromatic heterocycles. The summed E-state index contributed by atoms with van der Waals surface area (Å²) < 4.78 is 0. The molecule has 0 aromatic carbocycles. The van der Waals surface area contributed by atoms with Crippen LogP contribution < -0.4 is 4.90 Å². The van der Waals surface area contributed by atoms with Crippen molar-refractivity contribution < 1.29 is 0 Å². The number of thiazole rings is 1. The fourth-order valence-electron chi connectivity index (χ4n) is 1.67. The molecule has 1 heterocycles. The topological polar surface area (TPSA) is 16.1 Å². The summed E-state index contributed by atoms with van der Waals surface area (Å²) in [5.74, 6) is 1.84. The highest BCUT2D eigenvalue weighted by Crippen LogP contribution is 2.31. The Kier molecular flexibility index (Phi) is 7.48. The van der Waals surface area contributed by atoms with E-state index in [9.17, 15) is 0 Å². The fourth-order valence-corrected chi connectivity index (χ4v) is 3.20. The average molecular weight is 323 g/mol. The Hall–Kier alpha value is 0.01000. The maximum atomic E-state index is 6.10. The molecule has 0 radical (unpaired) electrons. The number of anilines is 1. The molecule has 2 nitrogen and oxygen atoms in total. The molecule has 1 rings (SSSR count). The molecule has 0 aliphatic rings. The summed E-state index contributed by atoms with van der Waals surface area (Å²) in [5.41, 5.74) is 0. The van der Waals surface area contributed by atoms with E-state index in [1.807, 2.05) is 0 Å². The van der Waals surface area contributed by atoms with E-state index >= 15 is 0 Å². The van der Waals surface area contributed by atoms with Gasteiger partial charge in [0.05, 0.1) is 10.8 Å². The summed E-state index contributed by atoms with van der Waals surface area (Å²) >= 11 is 13.6. The third kappa shape index (κ3) is 5.88. The van der Waals surface area contributed by atoms with Gasteiger partial charge >= 0.3 is 0 Å². The summed E-state index contributed by atoms with van der Waals surface area (Å²) in [4.78, 5) is 7.79. The molecule has 0 aliphatic carbocycles. The lowest BCUT2D eigenvalue weighted by atomic mass is 10.1. The molecular formula is C14H24Cl2N2S. The number of hydrogen-bond acceptors (Lipinski definition) is 3. The molecule has 0 unspecified atom stereocenters. The Morgan fingerprint density at radius 2 is 1.63 bits per heavy atom. The largest absolute Gasteiger partial charge is 0.348 e. The van der Waals surface area contributed by atoms with Gasteiger partial charge in [-0.25, -0.2) is 4.98 Å². The van der Waals surface area contributed by atoms with Gasteiger partial charge in [-0.05, 0) is 24.7 Å². The molecule has 0 saturated heterocycles. The van der Waals surface area contributed by atoms with E-state index in [0.717, 1.165) is 23.1 Å². The highest BCUT2D eigenvalue weighted by atomic mass is 35.5. The van der Waals surface area contributed by atoms with Gasteiger partial charge in [0.1, 0.15) is 5.15 Å². The zero-order valence-electron chi connectivity index (χ0n) is 12.2. The monoisotopic (exact) mass is 322 g/mol. The maximum absolute atomic E-state index is 6.10. The zero-order chi connectivity index (χ0) is 14.4. The first-order valence-corrected chi connectivity index (χ1v) is 8.63. The molecule has 0 fully saturated rings. The van der Waals surface area contributed by atoms with Crippen LogP contribution in [0.4, 0.5) is 5.13 Å². The Morgan fingerprint density at radius 3 is 2.00 bits per heavy atom. The number of aromatic nitrogens is 1. The van der Waals surface area contributed by atoms with Gasteiger partial charge < -0.3 is 4.90 Å². The van der Waals surface area contributed by atoms with Gasteiger partial charge in [-0.15, -0.1) is 11.6 Å². The minimum Gasteiger partial charge on any atom is -0.348 e. The molecule has 0 bridgehead atoms. The van der Waals surface area contributed by atoms with Gasteiger partial charge in [-0.2, -0.15) is 0 Å². The fraction of sp³-hybridized carbons (Fsp3) is 0.786. The molecule has 0 N–H and O–H groups in total. The van der Waals surface area contributed by atoms with E-state index in [2.05, 4.69) is 37.6 Å². The summed E-state index contributed by atoms with van der Waals surface area (Å²) in [5, 5.41) is 1.58. The van der Waals surface area contributed by atoms with Gasteiger partial charge in [0, 0.05) is 13.1 Å². The van der Waals surface area contributed by atoms with Gasteiger partial charge in [-0.3, -0.25) is 0 Å². The smallest absolute Gasteiger partial charge is 0.187 e. The van der Waals surface area contributed by atoms with Crippen molar-refractivity contribution in [3.8, 4) is 0 Å². The number of rotatable bonds is 8. The van der Waals surface area contributed by atoms with Gasteiger partial charge in [0.25, 0.3) is 0 Å². The van der Waals surface area contributed by atoms with E-state index in [4.69, 9.17) is 23.2 Å². The molecule has 0 atom stereocenters. The van der Waals surface area contributed by atoms with Crippen LogP contribution in [0.15, 0.2) is 0 Å². The Labute approximate surface area is 131 Å². The molecule has 0 amide bonds. The predicted molar refractivity (Wildman–Crippen MR) is 87.8 cm³/mol. The Morgan fingerprint density at radius 1 is 1.11 bits per heavy atom. The van der Waals surface area contributed by atoms with Crippen LogP contribution in [0.1, 0.15) is 45.4 Å². The van der Waals surface area contributed by atoms with Gasteiger partial charge in [0.2, 0.25) is 0 Å². The summed E-state index contributed by atoms with van der Waals surface area (Å²) in [6.45, 7) is 11.1. The van der Waals surface area contributed by atoms with E-state index in [0.29, 0.717) is 22.9 Å². The molecule has 110 valence electrons. The molecule has 0 aliphatic heterocycles. The van der Waals surface area contributed by atoms with Crippen molar-refractivity contribution in [2.24, 2.45) is 11.8 Å². The van der Waals surface area contributed by atoms with E-state index in [-0.39, 0.29) is 0 Å². The van der Waals surface area contributed by atoms with Crippen LogP contribution in [0.3, 0.4) is 0 Å². The molecule has 5 heteroatoms. The average Bonchev–Trinajstić information content (AvgIpc) is 2.69. The molecule has 19 heavy (non-hydrogen) atoms. The molecule has 0 spiro atoms. The van der Waals surface area contributed by atoms with Crippen molar-refractivity contribution >= 4 is 39.7 Å². The Bertz CT molecular complexity index is 366. The molecule has 1 aromatic rings. The lowest BCUT2D eigenvalue weighted by molar-refractivity contribution is 0.535. The van der Waals surface area contributed by atoms with E-state index in [1.54, 1.807) is 11.3 Å². The van der Waals surface area contributed by atoms with Crippen molar-refractivity contribution in [3.05, 3.63) is 10.0 Å². The molecular weight excluding hydrogens is 299 g/mol. The van der Waals surface area contributed by atoms with Crippen LogP contribution in [0.2, 0.25) is 5.15 Å². The second-order valence-corrected chi connectivity index (χ2v) is 7.38. The first-order chi connectivity index (χ1) is 8.93. The minimum atomic E-state index is 0.443. The van der Waals surface area contributed by atoms with Gasteiger partial charge in [0.15, 0.2) is 5.13 Å². The highest BCUT2D eigenvalue weighted by Gasteiger charge is 2.15. The van der Waals surface area contributed by atoms with Crippen LogP contribution in [-0.4, -0.2) is 18.1 Å². The minimum absolute atomic E-state index is 0.443. The van der Waals surface area contributed by atoms with Crippen molar-refractivity contribution in [2.75, 3.05) is 18.0 Å². The first-order valence-electron chi connectivity index (χ1n) is 6.90. The maximum Gasteiger partial charge on any atom is 0.187 e. The standard InChI is InChI=1S/C14H24Cl2N2S/c1-10(2)5-7-18(8-6-11(3)4)14-17-13(16)12(9-15)19-14/h10-11H,5-9H2,1-4H3. The van der Waals surface area contributed by atoms with Crippen LogP contribution in [0.5, 0.6) is 0 Å². The molecule has 0 saturated carbocycles. The quantitative estimate of drug-likeness (QED) is 0.593. The zero-order valence-corrected chi connectivity index (χ0v) is 14.6. The van der Waals surface area contributed by atoms with E-state index < -0.39 is 0 Å². The second kappa shape index (κ2) is 8.33. The summed E-state index contributed by atoms with van der Waals surface area (Å²) in [7, 11) is 0. The predicted octanol–water partition coefficient (Wildman–Crippen LogP) is 5.43. The SMILES string of the molecule is CC(C)CCN(CCC(C)C)c1nc(Cl)c(CCl)s1. The lowest BCUT2D eigenvalue weighted by Crippen LogP contribution is -2.27. The lowest BCUT2D eigenvalue weighted by Gasteiger charge is -2.23. The number of nitrogens with zero attached hydrogens (tertiary/aromatic N) is 2. The third-order valence-corrected chi connectivity index (χ3v) is 4.95. The first kappa shape index (κ1) is 17.1. The summed E-state index contributed by atoms with van der Waals surface area (Å²) in [6.07, 6.45) is 2.34. The van der Waals surface area contributed by atoms with E-state index in [1.165, 1.54) is 12.8 Å². The second-order valence-electron chi connectivity index (χ2n) is 5.70. The highest BCUT2D eigenvalue weighted by molar-refractivity contribution is 7.16. The third-order valence-electron chi connectivity index (χ3n) is 2.98. The Balaban J connectivity index is 2.74. The van der Waals surface area contributed by atoms with Crippen molar-refractivity contribution in [1.82, 2.24) is 4.98 Å². The number of hydrogen-bond donors (Lipinski definition) is 0. The van der Waals surface area contributed by atoms with Crippen LogP contribution >= 0.6 is 34.5 Å². The van der Waals surface area contributed by atoms with Gasteiger partial charge in [-0.1, -0.05) is 50.6 Å². The van der Waals surface area contributed by atoms with Crippen molar-refractivity contribution in [3.63, 3.8) is 0 Å². The summed E-state index contributed by atoms with van der Waals surface area (Å²) in [6, 6.07) is 0. The van der Waals surface area contributed by atoms with Crippen LogP contribution in [-0.2, 0) is 5.88 Å².